The molecule has 122 valence electrons. The molecule has 0 aliphatic carbocycles. The van der Waals surface area contributed by atoms with Crippen LogP contribution in [0.25, 0.3) is 0 Å². The average molecular weight is 332 g/mol. The molecule has 2 aromatic carbocycles. The van der Waals surface area contributed by atoms with E-state index in [-0.39, 0.29) is 24.2 Å². The number of para-hydroxylation sites is 1. The molecule has 1 amide bonds. The van der Waals surface area contributed by atoms with Gasteiger partial charge in [0.25, 0.3) is 0 Å². The van der Waals surface area contributed by atoms with E-state index in [1.165, 1.54) is 0 Å². The predicted octanol–water partition coefficient (Wildman–Crippen LogP) is 3.79. The van der Waals surface area contributed by atoms with Crippen LogP contribution < -0.4 is 16.0 Å². The number of rotatable bonds is 4. The molecule has 23 heavy (non-hydrogen) atoms. The quantitative estimate of drug-likeness (QED) is 0.799. The summed E-state index contributed by atoms with van der Waals surface area (Å²) in [5, 5.41) is 9.59. The molecule has 0 aromatic heterocycles. The van der Waals surface area contributed by atoms with Crippen molar-refractivity contribution < 1.29 is 4.79 Å². The van der Waals surface area contributed by atoms with Gasteiger partial charge in [-0.25, -0.2) is 0 Å². The van der Waals surface area contributed by atoms with E-state index in [2.05, 4.69) is 16.0 Å². The Morgan fingerprint density at radius 3 is 2.26 bits per heavy atom. The molecule has 0 spiro atoms. The molecule has 1 unspecified atom stereocenters. The fraction of sp³-hybridized carbons (Fsp3) is 0.278. The number of hydrogen-bond donors (Lipinski definition) is 3. The predicted molar refractivity (Wildman–Crippen MR) is 97.6 cm³/mol. The Morgan fingerprint density at radius 1 is 0.957 bits per heavy atom. The minimum absolute atomic E-state index is 0. The van der Waals surface area contributed by atoms with Crippen LogP contribution in [0.2, 0.25) is 0 Å². The molecule has 4 nitrogen and oxygen atoms in total. The maximum absolute atomic E-state index is 12.2. The summed E-state index contributed by atoms with van der Waals surface area (Å²) in [6.45, 7) is 1.79. The van der Waals surface area contributed by atoms with Gasteiger partial charge >= 0.3 is 0 Å². The largest absolute Gasteiger partial charge is 0.356 e. The van der Waals surface area contributed by atoms with Gasteiger partial charge in [-0.05, 0) is 55.8 Å². The number of benzene rings is 2. The van der Waals surface area contributed by atoms with E-state index in [0.29, 0.717) is 0 Å². The highest BCUT2D eigenvalue weighted by Gasteiger charge is 2.20. The van der Waals surface area contributed by atoms with Crippen molar-refractivity contribution in [2.45, 2.75) is 12.8 Å². The van der Waals surface area contributed by atoms with E-state index in [4.69, 9.17) is 0 Å². The number of carbonyl (C=O) groups excluding carboxylic acids is 1. The van der Waals surface area contributed by atoms with Gasteiger partial charge < -0.3 is 16.0 Å². The van der Waals surface area contributed by atoms with Gasteiger partial charge in [0.05, 0.1) is 5.92 Å². The van der Waals surface area contributed by atoms with Crippen LogP contribution in [0.15, 0.2) is 54.6 Å². The molecule has 1 fully saturated rings. The monoisotopic (exact) mass is 331 g/mol. The van der Waals surface area contributed by atoms with Gasteiger partial charge in [-0.1, -0.05) is 18.2 Å². The molecular formula is C18H22ClN3O. The Hall–Kier alpha value is -2.04. The summed E-state index contributed by atoms with van der Waals surface area (Å²) in [6, 6.07) is 17.8. The van der Waals surface area contributed by atoms with Crippen LogP contribution in [0.4, 0.5) is 17.1 Å². The number of carbonyl (C=O) groups is 1. The van der Waals surface area contributed by atoms with Crippen LogP contribution in [0.1, 0.15) is 12.8 Å². The molecule has 3 N–H and O–H groups in total. The highest BCUT2D eigenvalue weighted by atomic mass is 35.5. The zero-order valence-electron chi connectivity index (χ0n) is 12.9. The summed E-state index contributed by atoms with van der Waals surface area (Å²) < 4.78 is 0. The van der Waals surface area contributed by atoms with Crippen molar-refractivity contribution in [3.63, 3.8) is 0 Å². The SMILES string of the molecule is Cl.O=C(Nc1ccc(Nc2ccccc2)cc1)C1CCCNC1. The lowest BCUT2D eigenvalue weighted by molar-refractivity contribution is -0.120. The summed E-state index contributed by atoms with van der Waals surface area (Å²) in [6.07, 6.45) is 2.03. The van der Waals surface area contributed by atoms with Crippen LogP contribution in [0.5, 0.6) is 0 Å². The van der Waals surface area contributed by atoms with Gasteiger partial charge in [0, 0.05) is 23.6 Å². The molecule has 3 rings (SSSR count). The van der Waals surface area contributed by atoms with Gasteiger partial charge in [-0.2, -0.15) is 0 Å². The normalized spacial score (nSPS) is 17.0. The third-order valence-corrected chi connectivity index (χ3v) is 3.88. The first kappa shape index (κ1) is 17.3. The number of halogens is 1. The smallest absolute Gasteiger partial charge is 0.228 e. The average Bonchev–Trinajstić information content (AvgIpc) is 2.58. The lowest BCUT2D eigenvalue weighted by Crippen LogP contribution is -2.37. The van der Waals surface area contributed by atoms with Crippen molar-refractivity contribution in [3.05, 3.63) is 54.6 Å². The van der Waals surface area contributed by atoms with E-state index >= 15 is 0 Å². The lowest BCUT2D eigenvalue weighted by Gasteiger charge is -2.21. The Balaban J connectivity index is 0.00000192. The maximum Gasteiger partial charge on any atom is 0.228 e. The van der Waals surface area contributed by atoms with Gasteiger partial charge in [0.1, 0.15) is 0 Å². The van der Waals surface area contributed by atoms with Crippen LogP contribution in [0.3, 0.4) is 0 Å². The van der Waals surface area contributed by atoms with E-state index in [1.54, 1.807) is 0 Å². The molecule has 5 heteroatoms. The first-order chi connectivity index (χ1) is 10.8. The maximum atomic E-state index is 12.2. The standard InChI is InChI=1S/C18H21N3O.ClH/c22-18(14-5-4-12-19-13-14)21-17-10-8-16(9-11-17)20-15-6-2-1-3-7-15;/h1-3,6-11,14,19-20H,4-5,12-13H2,(H,21,22);1H. The second-order valence-electron chi connectivity index (χ2n) is 5.60. The number of nitrogens with one attached hydrogen (secondary N) is 3. The zero-order chi connectivity index (χ0) is 15.2. The fourth-order valence-electron chi connectivity index (χ4n) is 2.64. The molecule has 2 aromatic rings. The zero-order valence-corrected chi connectivity index (χ0v) is 13.7. The van der Waals surface area contributed by atoms with Gasteiger partial charge in [-0.3, -0.25) is 4.79 Å². The molecule has 1 aliphatic rings. The molecule has 0 bridgehead atoms. The van der Waals surface area contributed by atoms with Crippen LogP contribution in [0, 0.1) is 5.92 Å². The van der Waals surface area contributed by atoms with Gasteiger partial charge in [0.2, 0.25) is 5.91 Å². The third-order valence-electron chi connectivity index (χ3n) is 3.88. The van der Waals surface area contributed by atoms with Gasteiger partial charge in [-0.15, -0.1) is 12.4 Å². The molecular weight excluding hydrogens is 310 g/mol. The molecule has 1 aliphatic heterocycles. The van der Waals surface area contributed by atoms with Gasteiger partial charge in [0.15, 0.2) is 0 Å². The molecule has 0 radical (unpaired) electrons. The number of hydrogen-bond acceptors (Lipinski definition) is 3. The van der Waals surface area contributed by atoms with E-state index in [1.807, 2.05) is 54.6 Å². The second kappa shape index (κ2) is 8.56. The minimum Gasteiger partial charge on any atom is -0.356 e. The molecule has 0 saturated carbocycles. The Bertz CT molecular complexity index is 610. The van der Waals surface area contributed by atoms with Crippen LogP contribution in [-0.2, 0) is 4.79 Å². The van der Waals surface area contributed by atoms with Crippen LogP contribution in [-0.4, -0.2) is 19.0 Å². The summed E-state index contributed by atoms with van der Waals surface area (Å²) in [4.78, 5) is 12.2. The Morgan fingerprint density at radius 2 is 1.61 bits per heavy atom. The van der Waals surface area contributed by atoms with Crippen molar-refractivity contribution >= 4 is 35.4 Å². The highest BCUT2D eigenvalue weighted by molar-refractivity contribution is 5.93. The van der Waals surface area contributed by atoms with Crippen molar-refractivity contribution in [2.75, 3.05) is 23.7 Å². The third kappa shape index (κ3) is 4.98. The lowest BCUT2D eigenvalue weighted by atomic mass is 9.99. The minimum atomic E-state index is 0. The van der Waals surface area contributed by atoms with Crippen LogP contribution >= 0.6 is 12.4 Å². The number of amides is 1. The van der Waals surface area contributed by atoms with E-state index in [9.17, 15) is 4.79 Å². The molecule has 1 saturated heterocycles. The fourth-order valence-corrected chi connectivity index (χ4v) is 2.64. The molecule has 1 atom stereocenters. The second-order valence-corrected chi connectivity index (χ2v) is 5.60. The number of anilines is 3. The van der Waals surface area contributed by atoms with Crippen molar-refractivity contribution in [3.8, 4) is 0 Å². The van der Waals surface area contributed by atoms with Crippen molar-refractivity contribution in [1.82, 2.24) is 5.32 Å². The summed E-state index contributed by atoms with van der Waals surface area (Å²) >= 11 is 0. The van der Waals surface area contributed by atoms with E-state index in [0.717, 1.165) is 43.0 Å². The number of piperidine rings is 1. The van der Waals surface area contributed by atoms with Crippen molar-refractivity contribution in [2.24, 2.45) is 5.92 Å². The first-order valence-electron chi connectivity index (χ1n) is 7.75. The summed E-state index contributed by atoms with van der Waals surface area (Å²) in [5.74, 6) is 0.187. The highest BCUT2D eigenvalue weighted by Crippen LogP contribution is 2.20. The summed E-state index contributed by atoms with van der Waals surface area (Å²) in [5.41, 5.74) is 2.89. The molecule has 1 heterocycles. The summed E-state index contributed by atoms with van der Waals surface area (Å²) in [7, 11) is 0. The Labute approximate surface area is 143 Å². The topological polar surface area (TPSA) is 53.2 Å². The van der Waals surface area contributed by atoms with Crippen molar-refractivity contribution in [1.29, 1.82) is 0 Å². The Kier molecular flexibility index (Phi) is 6.44. The first-order valence-corrected chi connectivity index (χ1v) is 7.75. The van der Waals surface area contributed by atoms with E-state index < -0.39 is 0 Å².